The number of carbonyl (C=O) groups is 1. The number of carbonyl (C=O) groups excluding carboxylic acids is 1. The lowest BCUT2D eigenvalue weighted by molar-refractivity contribution is 0.104. The van der Waals surface area contributed by atoms with Gasteiger partial charge in [-0.2, -0.15) is 0 Å². The zero-order valence-electron chi connectivity index (χ0n) is 11.9. The minimum atomic E-state index is 0.0778. The summed E-state index contributed by atoms with van der Waals surface area (Å²) in [7, 11) is 0. The highest BCUT2D eigenvalue weighted by atomic mass is 16.1. The molecule has 0 spiro atoms. The maximum atomic E-state index is 12.1. The van der Waals surface area contributed by atoms with Gasteiger partial charge in [-0.05, 0) is 25.7 Å². The van der Waals surface area contributed by atoms with Gasteiger partial charge in [-0.15, -0.1) is 0 Å². The Balaban J connectivity index is 1.97. The van der Waals surface area contributed by atoms with Crippen LogP contribution in [0, 0.1) is 5.92 Å². The molecule has 1 aromatic rings. The van der Waals surface area contributed by atoms with Gasteiger partial charge in [-0.3, -0.25) is 4.79 Å². The molecule has 0 aromatic heterocycles. The molecule has 2 nitrogen and oxygen atoms in total. The quantitative estimate of drug-likeness (QED) is 0.654. The van der Waals surface area contributed by atoms with Crippen LogP contribution in [0.1, 0.15) is 49.9 Å². The molecular formula is C17H23NO. The molecule has 0 heterocycles. The fourth-order valence-electron chi connectivity index (χ4n) is 2.75. The number of allylic oxidation sites excluding steroid dienone is 2. The molecule has 2 rings (SSSR count). The van der Waals surface area contributed by atoms with Crippen LogP contribution < -0.4 is 5.32 Å². The van der Waals surface area contributed by atoms with Crippen molar-refractivity contribution in [3.8, 4) is 0 Å². The van der Waals surface area contributed by atoms with Crippen molar-refractivity contribution in [1.29, 1.82) is 0 Å². The second kappa shape index (κ2) is 6.55. The van der Waals surface area contributed by atoms with Gasteiger partial charge in [0.15, 0.2) is 5.78 Å². The Morgan fingerprint density at radius 1 is 1.21 bits per heavy atom. The Bertz CT molecular complexity index is 450. The normalized spacial score (nSPS) is 24.0. The molecule has 0 radical (unpaired) electrons. The molecule has 19 heavy (non-hydrogen) atoms. The van der Waals surface area contributed by atoms with Crippen LogP contribution in [-0.4, -0.2) is 11.8 Å². The average Bonchev–Trinajstić information content (AvgIpc) is 2.42. The van der Waals surface area contributed by atoms with E-state index >= 15 is 0 Å². The van der Waals surface area contributed by atoms with Gasteiger partial charge < -0.3 is 5.32 Å². The second-order valence-electron chi connectivity index (χ2n) is 5.57. The van der Waals surface area contributed by atoms with E-state index in [0.29, 0.717) is 12.0 Å². The summed E-state index contributed by atoms with van der Waals surface area (Å²) in [5, 5.41) is 3.51. The third-order valence-corrected chi connectivity index (χ3v) is 3.93. The molecule has 2 heteroatoms. The standard InChI is InChI=1S/C17H23NO/c1-13-8-6-7-11-16(13)18-14(2)12-17(19)15-9-4-3-5-10-15/h3-5,9-10,12-13,16,18H,6-8,11H2,1-2H3. The molecule has 0 aliphatic heterocycles. The van der Waals surface area contributed by atoms with Crippen LogP contribution in [0.15, 0.2) is 42.1 Å². The number of benzene rings is 1. The van der Waals surface area contributed by atoms with Crippen LogP contribution in [0.25, 0.3) is 0 Å². The summed E-state index contributed by atoms with van der Waals surface area (Å²) in [6.07, 6.45) is 6.85. The van der Waals surface area contributed by atoms with Crippen molar-refractivity contribution in [2.75, 3.05) is 0 Å². The van der Waals surface area contributed by atoms with E-state index in [2.05, 4.69) is 12.2 Å². The fraction of sp³-hybridized carbons (Fsp3) is 0.471. The number of hydrogen-bond donors (Lipinski definition) is 1. The van der Waals surface area contributed by atoms with Gasteiger partial charge in [0, 0.05) is 23.4 Å². The lowest BCUT2D eigenvalue weighted by Gasteiger charge is -2.30. The molecule has 0 saturated heterocycles. The number of rotatable bonds is 4. The lowest BCUT2D eigenvalue weighted by Crippen LogP contribution is -2.36. The minimum absolute atomic E-state index is 0.0778. The molecule has 1 aromatic carbocycles. The molecule has 2 unspecified atom stereocenters. The zero-order chi connectivity index (χ0) is 13.7. The Morgan fingerprint density at radius 2 is 1.89 bits per heavy atom. The molecule has 1 aliphatic carbocycles. The summed E-state index contributed by atoms with van der Waals surface area (Å²) in [4.78, 5) is 12.1. The Morgan fingerprint density at radius 3 is 2.58 bits per heavy atom. The number of nitrogens with one attached hydrogen (secondary N) is 1. The highest BCUT2D eigenvalue weighted by Crippen LogP contribution is 2.24. The largest absolute Gasteiger partial charge is 0.385 e. The first-order valence-corrected chi connectivity index (χ1v) is 7.21. The van der Waals surface area contributed by atoms with E-state index in [9.17, 15) is 4.79 Å². The third kappa shape index (κ3) is 3.95. The SMILES string of the molecule is CC(=CC(=O)c1ccccc1)NC1CCCCC1C. The van der Waals surface area contributed by atoms with Crippen LogP contribution in [0.4, 0.5) is 0 Å². The molecular weight excluding hydrogens is 234 g/mol. The van der Waals surface area contributed by atoms with E-state index in [-0.39, 0.29) is 5.78 Å². The summed E-state index contributed by atoms with van der Waals surface area (Å²) in [6.45, 7) is 4.28. The molecule has 2 atom stereocenters. The summed E-state index contributed by atoms with van der Waals surface area (Å²) >= 11 is 0. The Labute approximate surface area is 115 Å². The topological polar surface area (TPSA) is 29.1 Å². The molecule has 0 bridgehead atoms. The van der Waals surface area contributed by atoms with Crippen LogP contribution in [0.3, 0.4) is 0 Å². The van der Waals surface area contributed by atoms with Crippen molar-refractivity contribution >= 4 is 5.78 Å². The van der Waals surface area contributed by atoms with E-state index in [1.807, 2.05) is 37.3 Å². The first-order valence-electron chi connectivity index (χ1n) is 7.21. The average molecular weight is 257 g/mol. The molecule has 1 aliphatic rings. The maximum Gasteiger partial charge on any atom is 0.187 e. The van der Waals surface area contributed by atoms with E-state index in [4.69, 9.17) is 0 Å². The van der Waals surface area contributed by atoms with Crippen molar-refractivity contribution in [3.05, 3.63) is 47.7 Å². The van der Waals surface area contributed by atoms with E-state index < -0.39 is 0 Å². The summed E-state index contributed by atoms with van der Waals surface area (Å²) in [6, 6.07) is 9.95. The van der Waals surface area contributed by atoms with Crippen molar-refractivity contribution in [3.63, 3.8) is 0 Å². The van der Waals surface area contributed by atoms with Gasteiger partial charge in [0.2, 0.25) is 0 Å². The number of hydrogen-bond acceptors (Lipinski definition) is 2. The van der Waals surface area contributed by atoms with Crippen LogP contribution in [0.2, 0.25) is 0 Å². The molecule has 1 fully saturated rings. The smallest absolute Gasteiger partial charge is 0.187 e. The predicted octanol–water partition coefficient (Wildman–Crippen LogP) is 3.94. The summed E-state index contributed by atoms with van der Waals surface area (Å²) < 4.78 is 0. The van der Waals surface area contributed by atoms with Gasteiger partial charge in [-0.25, -0.2) is 0 Å². The molecule has 0 amide bonds. The van der Waals surface area contributed by atoms with Crippen molar-refractivity contribution in [2.45, 2.75) is 45.6 Å². The maximum absolute atomic E-state index is 12.1. The zero-order valence-corrected chi connectivity index (χ0v) is 11.9. The van der Waals surface area contributed by atoms with Crippen molar-refractivity contribution in [2.24, 2.45) is 5.92 Å². The summed E-state index contributed by atoms with van der Waals surface area (Å²) in [5.74, 6) is 0.776. The highest BCUT2D eigenvalue weighted by Gasteiger charge is 2.20. The third-order valence-electron chi connectivity index (χ3n) is 3.93. The second-order valence-corrected chi connectivity index (χ2v) is 5.57. The van der Waals surface area contributed by atoms with E-state index in [0.717, 1.165) is 11.3 Å². The van der Waals surface area contributed by atoms with Gasteiger partial charge in [-0.1, -0.05) is 50.1 Å². The van der Waals surface area contributed by atoms with E-state index in [1.165, 1.54) is 25.7 Å². The highest BCUT2D eigenvalue weighted by molar-refractivity contribution is 6.04. The Kier molecular flexibility index (Phi) is 4.78. The van der Waals surface area contributed by atoms with Crippen LogP contribution >= 0.6 is 0 Å². The summed E-state index contributed by atoms with van der Waals surface area (Å²) in [5.41, 5.74) is 1.73. The monoisotopic (exact) mass is 257 g/mol. The molecule has 1 saturated carbocycles. The first-order chi connectivity index (χ1) is 9.16. The predicted molar refractivity (Wildman–Crippen MR) is 79.1 cm³/mol. The molecule has 1 N–H and O–H groups in total. The van der Waals surface area contributed by atoms with E-state index in [1.54, 1.807) is 6.08 Å². The number of ketones is 1. The van der Waals surface area contributed by atoms with Gasteiger partial charge in [0.05, 0.1) is 0 Å². The van der Waals surface area contributed by atoms with Crippen LogP contribution in [0.5, 0.6) is 0 Å². The van der Waals surface area contributed by atoms with Gasteiger partial charge in [0.25, 0.3) is 0 Å². The van der Waals surface area contributed by atoms with Crippen LogP contribution in [-0.2, 0) is 0 Å². The van der Waals surface area contributed by atoms with Crippen molar-refractivity contribution < 1.29 is 4.79 Å². The minimum Gasteiger partial charge on any atom is -0.385 e. The molecule has 102 valence electrons. The first kappa shape index (κ1) is 13.9. The fourth-order valence-corrected chi connectivity index (χ4v) is 2.75. The van der Waals surface area contributed by atoms with Gasteiger partial charge >= 0.3 is 0 Å². The van der Waals surface area contributed by atoms with Gasteiger partial charge in [0.1, 0.15) is 0 Å². The Hall–Kier alpha value is -1.57. The van der Waals surface area contributed by atoms with Crippen molar-refractivity contribution in [1.82, 2.24) is 5.32 Å². The lowest BCUT2D eigenvalue weighted by atomic mass is 9.86.